The molecular formula is C94H121BBr2ClLiN3O10S12. The van der Waals surface area contributed by atoms with E-state index < -0.39 is 5.97 Å². The number of nitrogens with zero attached hydrogens (tertiary/aromatic N) is 2. The number of aliphatic carboxylic acids is 1. The second-order valence-corrected chi connectivity index (χ2v) is 42.6. The van der Waals surface area contributed by atoms with Crippen LogP contribution in [-0.4, -0.2) is 74.2 Å². The third-order valence-electron chi connectivity index (χ3n) is 18.9. The van der Waals surface area contributed by atoms with Crippen LogP contribution in [0.2, 0.25) is 0 Å². The summed E-state index contributed by atoms with van der Waals surface area (Å²) in [5.74, 6) is 1.12. The van der Waals surface area contributed by atoms with Gasteiger partial charge in [-0.15, -0.1) is 126 Å². The molecule has 4 N–H and O–H groups in total. The van der Waals surface area contributed by atoms with Gasteiger partial charge < -0.3 is 25.8 Å². The SMILES string of the molecule is CCCC1CCCc2scc(C)c21.CCOC(=O)C/C=C\c1cc(C)cs1.CCOC(=O)CCCc1cc(C)cs1.Cc1cc(C=O)sc1Br.Cc1ccsc1.Cc1ccsc1Br.Cc1csc(C=O)c1.Cc1csc(CCCC(=O)O)c1.Cc1csc2c1C(=O)CCC2.Cc1csc2c1C(C#N)CCC2.Cc1csc2c1C(CN)CCC2.Cl.[B]=NS.[Li+].[OH-]. The molecule has 3 unspecified atom stereocenters. The zero-order chi connectivity index (χ0) is 89.2. The molecule has 13 nitrogen and oxygen atoms in total. The molecule has 4 aliphatic carbocycles. The van der Waals surface area contributed by atoms with Crippen molar-refractivity contribution < 1.29 is 67.7 Å². The number of carboxylic acids is 1. The summed E-state index contributed by atoms with van der Waals surface area (Å²) in [5, 5.41) is 40.8. The Morgan fingerprint density at radius 1 is 0.565 bits per heavy atom. The van der Waals surface area contributed by atoms with E-state index in [1.165, 1.54) is 165 Å². The first-order chi connectivity index (χ1) is 58.1. The van der Waals surface area contributed by atoms with Crippen molar-refractivity contribution in [3.8, 4) is 6.07 Å². The van der Waals surface area contributed by atoms with Crippen molar-refractivity contribution >= 4 is 232 Å². The summed E-state index contributed by atoms with van der Waals surface area (Å²) in [4.78, 5) is 75.2. The largest absolute Gasteiger partial charge is 1.00 e. The summed E-state index contributed by atoms with van der Waals surface area (Å²) in [7, 11) is 4.34. The number of aryl methyl sites for hydroxylation is 17. The Morgan fingerprint density at radius 3 is 1.45 bits per heavy atom. The summed E-state index contributed by atoms with van der Waals surface area (Å²) in [6.07, 6.45) is 27.4. The van der Waals surface area contributed by atoms with Gasteiger partial charge in [0.1, 0.15) is 0 Å². The number of thiophene rings is 11. The van der Waals surface area contributed by atoms with E-state index in [1.54, 1.807) is 94.5 Å². The molecular weight excluding hydrogens is 1930 g/mol. The number of esters is 2. The molecule has 0 spiro atoms. The molecule has 1 radical (unpaired) electrons. The second-order valence-electron chi connectivity index (χ2n) is 29.2. The van der Waals surface area contributed by atoms with Crippen LogP contribution in [0.4, 0.5) is 0 Å². The van der Waals surface area contributed by atoms with Crippen molar-refractivity contribution in [2.45, 2.75) is 250 Å². The minimum atomic E-state index is -0.705. The van der Waals surface area contributed by atoms with E-state index in [1.807, 2.05) is 98.3 Å². The van der Waals surface area contributed by atoms with Crippen molar-refractivity contribution in [2.75, 3.05) is 19.8 Å². The molecule has 11 aromatic rings. The molecule has 0 bridgehead atoms. The molecule has 669 valence electrons. The Hall–Kier alpha value is -4.67. The van der Waals surface area contributed by atoms with Crippen molar-refractivity contribution in [3.05, 3.63) is 243 Å². The first-order valence-corrected chi connectivity index (χ1v) is 52.4. The molecule has 15 rings (SSSR count). The molecule has 0 fully saturated rings. The summed E-state index contributed by atoms with van der Waals surface area (Å²) >= 11 is 28.9. The monoisotopic (exact) mass is 2050 g/mol. The first kappa shape index (κ1) is 117. The Bertz CT molecular complexity index is 4880. The zero-order valence-electron chi connectivity index (χ0n) is 74.2. The number of nitrogens with two attached hydrogens (primary N) is 1. The van der Waals surface area contributed by atoms with Gasteiger partial charge in [0.25, 0.3) is 0 Å². The van der Waals surface area contributed by atoms with Crippen molar-refractivity contribution in [1.29, 1.82) is 5.26 Å². The number of carbonyl (C=O) groups is 6. The van der Waals surface area contributed by atoms with E-state index >= 15 is 0 Å². The molecule has 0 aromatic carbocycles. The third-order valence-corrected chi connectivity index (χ3v) is 32.7. The number of rotatable bonds is 18. The minimum Gasteiger partial charge on any atom is -0.870 e. The Balaban J connectivity index is 0.000000682. The Morgan fingerprint density at radius 2 is 1.05 bits per heavy atom. The van der Waals surface area contributed by atoms with Crippen LogP contribution in [-0.2, 0) is 62.4 Å². The van der Waals surface area contributed by atoms with Crippen LogP contribution in [0.3, 0.4) is 0 Å². The maximum atomic E-state index is 11.4. The summed E-state index contributed by atoms with van der Waals surface area (Å²) in [5.41, 5.74) is 25.7. The van der Waals surface area contributed by atoms with Crippen LogP contribution in [0, 0.1) is 87.5 Å². The zero-order valence-corrected chi connectivity index (χ0v) is 88.1. The number of hydrogen-bond acceptors (Lipinski definition) is 24. The Labute approximate surface area is 823 Å². The number of halogens is 3. The average Bonchev–Trinajstić information content (AvgIpc) is 1.67. The van der Waals surface area contributed by atoms with Crippen LogP contribution in [0.5, 0.6) is 0 Å². The smallest absolute Gasteiger partial charge is 0.870 e. The fourth-order valence-electron chi connectivity index (χ4n) is 13.3. The number of aldehydes is 2. The number of carbonyl (C=O) groups excluding carboxylic acids is 5. The maximum absolute atomic E-state index is 11.4. The topological polar surface area (TPSA) is 233 Å². The van der Waals surface area contributed by atoms with E-state index in [-0.39, 0.29) is 61.0 Å². The average molecular weight is 2050 g/mol. The molecule has 0 amide bonds. The fraction of sp³-hybridized carbons (Fsp3) is 0.436. The predicted octanol–water partition coefficient (Wildman–Crippen LogP) is 27.5. The van der Waals surface area contributed by atoms with E-state index in [0.29, 0.717) is 37.8 Å². The van der Waals surface area contributed by atoms with Gasteiger partial charge in [-0.25, -0.2) is 0 Å². The van der Waals surface area contributed by atoms with Crippen molar-refractivity contribution in [2.24, 2.45) is 10.0 Å². The molecule has 0 saturated heterocycles. The quantitative estimate of drug-likeness (QED) is 0.0315. The van der Waals surface area contributed by atoms with Crippen LogP contribution in [0.1, 0.15) is 277 Å². The first-order valence-electron chi connectivity index (χ1n) is 40.7. The standard InChI is InChI=1S/C12H18S.C11H16O2S.C11H14O2S.C10H15NS.C10H11NS.C9H12O2S.C9H10OS.C6H5BrOS.C6H6OS.C5H5BrS.C5H6S.BHNS.ClH.Li.H2O/c1-3-5-10-6-4-7-11-12(10)9(2)8-13-11;2*1-3-13-11(12)6-4-5-10-7-9(2)8-14-10;2*1-7-6-12-9-4-2-3-8(5-11)10(7)9;1-7-5-8(12-6-7)3-2-4-9(10)11;1-6-5-11-8-4-2-3-7(10)9(6)8;1-4-2-5(3-8)9-6(4)7;1-5-2-6(3-7)8-4-5;1-4-2-3-7-5(4)6;1-5-2-3-6-4-5;1-2-3;;;/h8,10H,3-7H2,1-2H3;7-8H,3-6H2,1-2H3;4-5,7-8H,3,6H2,1-2H3;6,8H,2-5,11H2,1H3;6,8H,2-4H2,1H3;5-6H,2-4H2,1H3,(H,10,11);5H,2-4H2,1H3;2-3H,1H3;2-4H,1H3;2-3H,1H3;2-4H,1H3;3H;1H;;1H2/q;;;;;;;;;;;;;+1;/p-1/b;;5-4-;;;;;;;;;;;;. The van der Waals surface area contributed by atoms with Crippen LogP contribution in [0.25, 0.3) is 6.08 Å². The predicted molar refractivity (Wildman–Crippen MR) is 546 cm³/mol. The minimum absolute atomic E-state index is 0. The van der Waals surface area contributed by atoms with E-state index in [0.717, 1.165) is 107 Å². The van der Waals surface area contributed by atoms with Gasteiger partial charge in [0.05, 0.1) is 48.9 Å². The number of carboxylic acid groups (broad SMARTS) is 1. The Kier molecular flexibility index (Phi) is 63.9. The van der Waals surface area contributed by atoms with Gasteiger partial charge in [-0.3, -0.25) is 28.8 Å². The molecule has 124 heavy (non-hydrogen) atoms. The van der Waals surface area contributed by atoms with Crippen LogP contribution in [0.15, 0.2) is 120 Å². The second kappa shape index (κ2) is 67.5. The molecule has 0 aliphatic heterocycles. The van der Waals surface area contributed by atoms with E-state index in [9.17, 15) is 28.8 Å². The number of hydrogen-bond donors (Lipinski definition) is 3. The normalized spacial score (nSPS) is 13.6. The number of nitriles is 1. The number of fused-ring (bicyclic) bond motifs is 4. The van der Waals surface area contributed by atoms with E-state index in [2.05, 4.69) is 209 Å². The molecule has 4 aliphatic rings. The van der Waals surface area contributed by atoms with Gasteiger partial charge in [-0.2, -0.15) is 16.6 Å². The number of ether oxygens (including phenoxy) is 2. The van der Waals surface area contributed by atoms with Gasteiger partial charge in [-0.05, 0) is 429 Å². The fourth-order valence-corrected chi connectivity index (χ4v) is 24.3. The molecule has 11 heterocycles. The van der Waals surface area contributed by atoms with Gasteiger partial charge >= 0.3 is 61.5 Å². The van der Waals surface area contributed by atoms with Crippen molar-refractivity contribution in [3.63, 3.8) is 0 Å². The van der Waals surface area contributed by atoms with Gasteiger partial charge in [0.15, 0.2) is 18.4 Å². The van der Waals surface area contributed by atoms with Crippen LogP contribution >= 0.6 is 182 Å². The number of Topliss-reactive ketones (excluding diaryl/α,β-unsaturated/α-hetero) is 1. The number of ketones is 1. The molecule has 3 atom stereocenters. The molecule has 11 aromatic heterocycles. The third kappa shape index (κ3) is 45.2. The summed E-state index contributed by atoms with van der Waals surface area (Å²) < 4.78 is 14.6. The van der Waals surface area contributed by atoms with Crippen molar-refractivity contribution in [1.82, 2.24) is 0 Å². The van der Waals surface area contributed by atoms with Gasteiger partial charge in [0, 0.05) is 59.0 Å². The number of thiol groups is 1. The molecule has 30 heteroatoms. The summed E-state index contributed by atoms with van der Waals surface area (Å²) in [6, 6.07) is 16.7. The van der Waals surface area contributed by atoms with Crippen LogP contribution < -0.4 is 24.6 Å². The molecule has 0 saturated carbocycles. The van der Waals surface area contributed by atoms with Gasteiger partial charge in [0.2, 0.25) is 0 Å². The summed E-state index contributed by atoms with van der Waals surface area (Å²) in [6.45, 7) is 30.7. The van der Waals surface area contributed by atoms with Gasteiger partial charge in [-0.1, -0.05) is 19.4 Å². The maximum Gasteiger partial charge on any atom is 1.00 e. The van der Waals surface area contributed by atoms with E-state index in [4.69, 9.17) is 25.6 Å².